The molecule has 0 saturated carbocycles. The minimum absolute atomic E-state index is 0.00719. The van der Waals surface area contributed by atoms with Crippen LogP contribution < -0.4 is 5.32 Å². The molecule has 1 N–H and O–H groups in total. The van der Waals surface area contributed by atoms with Crippen LogP contribution in [0.15, 0.2) is 18.2 Å². The number of hydrogen-bond acceptors (Lipinski definition) is 2. The molecule has 3 nitrogen and oxygen atoms in total. The predicted octanol–water partition coefficient (Wildman–Crippen LogP) is 3.20. The third-order valence-corrected chi connectivity index (χ3v) is 2.33. The van der Waals surface area contributed by atoms with E-state index in [1.165, 1.54) is 12.1 Å². The highest BCUT2D eigenvalue weighted by Crippen LogP contribution is 2.21. The number of nitrogens with zero attached hydrogens (tertiary/aromatic N) is 1. The number of carbonyl (C=O) groups excluding carboxylic acids is 1. The Hall–Kier alpha value is -1.30. The van der Waals surface area contributed by atoms with Crippen LogP contribution in [0.2, 0.25) is 5.15 Å². The summed E-state index contributed by atoms with van der Waals surface area (Å²) in [6.07, 6.45) is -4.71. The standard InChI is InChI=1S/C11H12ClF3N2O/c12-9-5-3-4-8(17-9)10(18)16-7-2-1-6-11(13,14)15/h3-5H,1-2,6-7H2,(H,16,18). The van der Waals surface area contributed by atoms with Gasteiger partial charge in [0, 0.05) is 13.0 Å². The molecule has 0 aromatic carbocycles. The maximum atomic E-state index is 11.8. The molecule has 0 radical (unpaired) electrons. The smallest absolute Gasteiger partial charge is 0.351 e. The van der Waals surface area contributed by atoms with Crippen molar-refractivity contribution in [3.8, 4) is 0 Å². The first-order valence-corrected chi connectivity index (χ1v) is 5.74. The van der Waals surface area contributed by atoms with Crippen LogP contribution in [0.4, 0.5) is 13.2 Å². The zero-order valence-corrected chi connectivity index (χ0v) is 10.2. The van der Waals surface area contributed by atoms with Gasteiger partial charge in [0.1, 0.15) is 10.8 Å². The molecule has 100 valence electrons. The Kier molecular flexibility index (Phi) is 5.40. The fourth-order valence-electron chi connectivity index (χ4n) is 1.28. The van der Waals surface area contributed by atoms with Gasteiger partial charge in [0.15, 0.2) is 0 Å². The molecule has 0 saturated heterocycles. The first-order valence-electron chi connectivity index (χ1n) is 5.36. The van der Waals surface area contributed by atoms with Gasteiger partial charge in [-0.1, -0.05) is 17.7 Å². The van der Waals surface area contributed by atoms with Crippen molar-refractivity contribution in [3.63, 3.8) is 0 Å². The van der Waals surface area contributed by atoms with Crippen molar-refractivity contribution in [3.05, 3.63) is 29.0 Å². The van der Waals surface area contributed by atoms with Gasteiger partial charge in [-0.2, -0.15) is 13.2 Å². The van der Waals surface area contributed by atoms with Crippen molar-refractivity contribution >= 4 is 17.5 Å². The second-order valence-corrected chi connectivity index (χ2v) is 4.06. The maximum absolute atomic E-state index is 11.8. The SMILES string of the molecule is O=C(NCCCCC(F)(F)F)c1cccc(Cl)n1. The summed E-state index contributed by atoms with van der Waals surface area (Å²) in [5.41, 5.74) is 0.151. The van der Waals surface area contributed by atoms with E-state index in [-0.39, 0.29) is 30.2 Å². The average molecular weight is 281 g/mol. The molecule has 1 amide bonds. The third-order valence-electron chi connectivity index (χ3n) is 2.12. The Bertz CT molecular complexity index is 410. The van der Waals surface area contributed by atoms with Crippen LogP contribution >= 0.6 is 11.6 Å². The first-order chi connectivity index (χ1) is 8.38. The van der Waals surface area contributed by atoms with E-state index in [9.17, 15) is 18.0 Å². The van der Waals surface area contributed by atoms with Crippen LogP contribution in [0, 0.1) is 0 Å². The molecule has 1 aromatic rings. The van der Waals surface area contributed by atoms with Gasteiger partial charge in [0.25, 0.3) is 5.91 Å². The molecule has 0 aliphatic heterocycles. The van der Waals surface area contributed by atoms with Crippen LogP contribution in [0.3, 0.4) is 0 Å². The number of carbonyl (C=O) groups is 1. The van der Waals surface area contributed by atoms with Gasteiger partial charge in [0.05, 0.1) is 0 Å². The van der Waals surface area contributed by atoms with Crippen LogP contribution in [0.1, 0.15) is 29.8 Å². The summed E-state index contributed by atoms with van der Waals surface area (Å²) in [6.45, 7) is 0.184. The molecule has 1 aromatic heterocycles. The highest BCUT2D eigenvalue weighted by atomic mass is 35.5. The molecule has 0 bridgehead atoms. The number of pyridine rings is 1. The van der Waals surface area contributed by atoms with Crippen LogP contribution in [-0.2, 0) is 0 Å². The van der Waals surface area contributed by atoms with E-state index in [4.69, 9.17) is 11.6 Å². The van der Waals surface area contributed by atoms with Gasteiger partial charge in [-0.05, 0) is 25.0 Å². The van der Waals surface area contributed by atoms with E-state index in [1.807, 2.05) is 0 Å². The van der Waals surface area contributed by atoms with E-state index < -0.39 is 18.5 Å². The molecule has 0 atom stereocenters. The van der Waals surface area contributed by atoms with Crippen molar-refractivity contribution in [1.82, 2.24) is 10.3 Å². The molecular weight excluding hydrogens is 269 g/mol. The van der Waals surface area contributed by atoms with Crippen molar-refractivity contribution in [2.75, 3.05) is 6.54 Å². The number of nitrogens with one attached hydrogen (secondary N) is 1. The van der Waals surface area contributed by atoms with Crippen molar-refractivity contribution in [1.29, 1.82) is 0 Å². The maximum Gasteiger partial charge on any atom is 0.389 e. The quantitative estimate of drug-likeness (QED) is 0.665. The Balaban J connectivity index is 2.26. The molecule has 0 aliphatic carbocycles. The minimum atomic E-state index is -4.14. The van der Waals surface area contributed by atoms with Gasteiger partial charge < -0.3 is 5.32 Å². The molecule has 18 heavy (non-hydrogen) atoms. The summed E-state index contributed by atoms with van der Waals surface area (Å²) in [5, 5.41) is 2.68. The Morgan fingerprint density at radius 1 is 1.33 bits per heavy atom. The number of aromatic nitrogens is 1. The fourth-order valence-corrected chi connectivity index (χ4v) is 1.44. The summed E-state index contributed by atoms with van der Waals surface area (Å²) in [5.74, 6) is -0.440. The summed E-state index contributed by atoms with van der Waals surface area (Å²) in [6, 6.07) is 4.59. The first kappa shape index (κ1) is 14.8. The summed E-state index contributed by atoms with van der Waals surface area (Å²) < 4.78 is 35.5. The van der Waals surface area contributed by atoms with Crippen molar-refractivity contribution in [2.45, 2.75) is 25.4 Å². The molecular formula is C11H12ClF3N2O. The Morgan fingerprint density at radius 3 is 2.67 bits per heavy atom. The lowest BCUT2D eigenvalue weighted by molar-refractivity contribution is -0.135. The lowest BCUT2D eigenvalue weighted by Gasteiger charge is -2.07. The van der Waals surface area contributed by atoms with E-state index in [1.54, 1.807) is 6.07 Å². The van der Waals surface area contributed by atoms with Gasteiger partial charge in [-0.3, -0.25) is 4.79 Å². The largest absolute Gasteiger partial charge is 0.389 e. The normalized spacial score (nSPS) is 11.3. The number of rotatable bonds is 5. The van der Waals surface area contributed by atoms with Crippen molar-refractivity contribution < 1.29 is 18.0 Å². The molecule has 0 aliphatic rings. The monoisotopic (exact) mass is 280 g/mol. The molecule has 7 heteroatoms. The number of amides is 1. The minimum Gasteiger partial charge on any atom is -0.351 e. The van der Waals surface area contributed by atoms with Crippen LogP contribution in [0.5, 0.6) is 0 Å². The molecule has 1 heterocycles. The summed E-state index contributed by atoms with van der Waals surface area (Å²) >= 11 is 5.61. The lowest BCUT2D eigenvalue weighted by atomic mass is 10.2. The van der Waals surface area contributed by atoms with Gasteiger partial charge in [-0.15, -0.1) is 0 Å². The number of halogens is 4. The predicted molar refractivity (Wildman–Crippen MR) is 61.5 cm³/mol. The fraction of sp³-hybridized carbons (Fsp3) is 0.455. The second-order valence-electron chi connectivity index (χ2n) is 3.67. The van der Waals surface area contributed by atoms with E-state index >= 15 is 0 Å². The van der Waals surface area contributed by atoms with Crippen molar-refractivity contribution in [2.24, 2.45) is 0 Å². The van der Waals surface area contributed by atoms with Gasteiger partial charge in [-0.25, -0.2) is 4.98 Å². The summed E-state index contributed by atoms with van der Waals surface area (Å²) in [7, 11) is 0. The van der Waals surface area contributed by atoms with E-state index in [0.29, 0.717) is 0 Å². The Morgan fingerprint density at radius 2 is 2.06 bits per heavy atom. The highest BCUT2D eigenvalue weighted by molar-refractivity contribution is 6.29. The number of hydrogen-bond donors (Lipinski definition) is 1. The number of alkyl halides is 3. The zero-order valence-electron chi connectivity index (χ0n) is 9.43. The molecule has 0 unspecified atom stereocenters. The van der Waals surface area contributed by atoms with E-state index in [0.717, 1.165) is 0 Å². The lowest BCUT2D eigenvalue weighted by Crippen LogP contribution is -2.25. The average Bonchev–Trinajstić information content (AvgIpc) is 2.26. The molecule has 0 fully saturated rings. The van der Waals surface area contributed by atoms with Crippen LogP contribution in [0.25, 0.3) is 0 Å². The van der Waals surface area contributed by atoms with Crippen LogP contribution in [-0.4, -0.2) is 23.6 Å². The Labute approximate surface area is 107 Å². The second kappa shape index (κ2) is 6.58. The summed E-state index contributed by atoms with van der Waals surface area (Å²) in [4.78, 5) is 15.3. The zero-order chi connectivity index (χ0) is 13.6. The van der Waals surface area contributed by atoms with Gasteiger partial charge >= 0.3 is 6.18 Å². The highest BCUT2D eigenvalue weighted by Gasteiger charge is 2.25. The topological polar surface area (TPSA) is 42.0 Å². The van der Waals surface area contributed by atoms with Gasteiger partial charge in [0.2, 0.25) is 0 Å². The number of unbranched alkanes of at least 4 members (excludes halogenated alkanes) is 1. The molecule has 0 spiro atoms. The van der Waals surface area contributed by atoms with E-state index in [2.05, 4.69) is 10.3 Å². The molecule has 1 rings (SSSR count). The third kappa shape index (κ3) is 5.86.